The maximum absolute atomic E-state index is 2.54. The van der Waals surface area contributed by atoms with Crippen LogP contribution in [0.2, 0.25) is 0 Å². The number of hydrogen-bond acceptors (Lipinski definition) is 0. The highest BCUT2D eigenvalue weighted by Gasteiger charge is 2.29. The second-order valence-electron chi connectivity index (χ2n) is 16.7. The second-order valence-corrected chi connectivity index (χ2v) is 16.7. The van der Waals surface area contributed by atoms with Gasteiger partial charge in [0.25, 0.3) is 0 Å². The Morgan fingerprint density at radius 1 is 0.714 bits per heavy atom. The van der Waals surface area contributed by atoms with E-state index in [0.29, 0.717) is 0 Å². The first-order valence-corrected chi connectivity index (χ1v) is 19.0. The zero-order chi connectivity index (χ0) is 35.1. The standard InChI is InChI=1S/C49H58/c1-11-13-17-34-21-25-37(26-22-34)44(38-27-23-35(24-28-38)18-14-12-2)46-45-40-31-42(48(5,6)7)32(3)29-39(40)30-41(45)43(36-19-15-16-20-36)33(4)47(46)49(8,9)10/h15-16,19,21-31H,11-14,17-18,20H2,1-10H3. The van der Waals surface area contributed by atoms with Gasteiger partial charge in [-0.3, -0.25) is 0 Å². The Morgan fingerprint density at radius 2 is 1.29 bits per heavy atom. The van der Waals surface area contributed by atoms with Crippen molar-refractivity contribution in [1.82, 2.24) is 0 Å². The number of fused-ring (bicyclic) bond motifs is 2. The molecule has 0 N–H and O–H groups in total. The van der Waals surface area contributed by atoms with Crippen molar-refractivity contribution in [2.75, 3.05) is 0 Å². The minimum Gasteiger partial charge on any atom is -0.0801 e. The van der Waals surface area contributed by atoms with E-state index in [0.717, 1.165) is 19.3 Å². The fourth-order valence-electron chi connectivity index (χ4n) is 8.48. The summed E-state index contributed by atoms with van der Waals surface area (Å²) in [6.45, 7) is 23.6. The molecule has 0 amide bonds. The van der Waals surface area contributed by atoms with E-state index in [1.54, 1.807) is 0 Å². The predicted molar refractivity (Wildman–Crippen MR) is 214 cm³/mol. The van der Waals surface area contributed by atoms with Gasteiger partial charge in [-0.1, -0.05) is 141 Å². The van der Waals surface area contributed by atoms with E-state index < -0.39 is 0 Å². The SMILES string of the molecule is CCCCc1ccc(C(c2ccc(CCCC)cc2)=c2c(C(C)(C)C)c(C)c(C3=CC=CC3)c3c2=c2cc(C(C)(C)C)c(C)cc2=C3)cc1. The molecule has 0 radical (unpaired) electrons. The summed E-state index contributed by atoms with van der Waals surface area (Å²) in [5.74, 6) is 0. The van der Waals surface area contributed by atoms with E-state index in [2.05, 4.69) is 154 Å². The number of rotatable bonds is 9. The normalized spacial score (nSPS) is 13.7. The Balaban J connectivity index is 1.87. The fourth-order valence-corrected chi connectivity index (χ4v) is 8.48. The molecule has 0 heteroatoms. The molecule has 2 aliphatic rings. The number of unbranched alkanes of at least 4 members (excludes halogenated alkanes) is 2. The van der Waals surface area contributed by atoms with Crippen LogP contribution in [0.1, 0.15) is 143 Å². The summed E-state index contributed by atoms with van der Waals surface area (Å²) in [5.41, 5.74) is 16.8. The molecule has 2 aliphatic carbocycles. The summed E-state index contributed by atoms with van der Waals surface area (Å²) < 4.78 is 0. The smallest absolute Gasteiger partial charge is 0.00167 e. The number of aryl methyl sites for hydroxylation is 3. The third kappa shape index (κ3) is 6.81. The summed E-state index contributed by atoms with van der Waals surface area (Å²) >= 11 is 0. The predicted octanol–water partition coefficient (Wildman–Crippen LogP) is 11.6. The highest BCUT2D eigenvalue weighted by molar-refractivity contribution is 5.86. The third-order valence-electron chi connectivity index (χ3n) is 10.8. The summed E-state index contributed by atoms with van der Waals surface area (Å²) in [6.07, 6.45) is 17.6. The van der Waals surface area contributed by atoms with E-state index >= 15 is 0 Å². The average molecular weight is 647 g/mol. The highest BCUT2D eigenvalue weighted by atomic mass is 14.3. The molecule has 4 aromatic carbocycles. The van der Waals surface area contributed by atoms with Crippen molar-refractivity contribution in [3.05, 3.63) is 155 Å². The maximum Gasteiger partial charge on any atom is -0.00167 e. The van der Waals surface area contributed by atoms with E-state index in [9.17, 15) is 0 Å². The molecule has 0 spiro atoms. The van der Waals surface area contributed by atoms with Crippen LogP contribution in [0.25, 0.3) is 17.2 Å². The van der Waals surface area contributed by atoms with Crippen molar-refractivity contribution >= 4 is 17.2 Å². The van der Waals surface area contributed by atoms with Crippen LogP contribution in [0.3, 0.4) is 0 Å². The molecular formula is C49H58. The molecule has 0 fully saturated rings. The number of benzene rings is 4. The first-order valence-electron chi connectivity index (χ1n) is 19.0. The van der Waals surface area contributed by atoms with Crippen LogP contribution >= 0.6 is 0 Å². The van der Waals surface area contributed by atoms with Gasteiger partial charge in [0.15, 0.2) is 0 Å². The van der Waals surface area contributed by atoms with E-state index in [1.807, 2.05) is 0 Å². The maximum atomic E-state index is 2.54. The Kier molecular flexibility index (Phi) is 9.83. The molecule has 4 aromatic rings. The van der Waals surface area contributed by atoms with Crippen LogP contribution in [0, 0.1) is 24.3 Å². The van der Waals surface area contributed by atoms with Crippen molar-refractivity contribution in [3.8, 4) is 0 Å². The van der Waals surface area contributed by atoms with Crippen LogP contribution in [0.15, 0.2) is 78.9 Å². The Labute approximate surface area is 296 Å². The molecule has 0 bridgehead atoms. The van der Waals surface area contributed by atoms with Gasteiger partial charge in [-0.15, -0.1) is 0 Å². The van der Waals surface area contributed by atoms with Crippen molar-refractivity contribution in [1.29, 1.82) is 0 Å². The lowest BCUT2D eigenvalue weighted by Crippen LogP contribution is -2.30. The molecule has 0 nitrogen and oxygen atoms in total. The van der Waals surface area contributed by atoms with Gasteiger partial charge in [-0.05, 0) is 157 Å². The number of allylic oxidation sites excluding steroid dienone is 4. The first kappa shape index (κ1) is 34.9. The molecule has 0 unspecified atom stereocenters. The van der Waals surface area contributed by atoms with Gasteiger partial charge in [0.05, 0.1) is 0 Å². The fraction of sp³-hybridized carbons (Fsp3) is 0.388. The van der Waals surface area contributed by atoms with Crippen molar-refractivity contribution in [2.24, 2.45) is 0 Å². The minimum atomic E-state index is -0.0799. The lowest BCUT2D eigenvalue weighted by atomic mass is 9.75. The second kappa shape index (κ2) is 13.8. The zero-order valence-corrected chi connectivity index (χ0v) is 32.0. The zero-order valence-electron chi connectivity index (χ0n) is 32.0. The van der Waals surface area contributed by atoms with Crippen molar-refractivity contribution in [2.45, 2.75) is 125 Å². The minimum absolute atomic E-state index is 0.0511. The van der Waals surface area contributed by atoms with Crippen LogP contribution in [0.5, 0.6) is 0 Å². The lowest BCUT2D eigenvalue weighted by molar-refractivity contribution is 0.580. The summed E-state index contributed by atoms with van der Waals surface area (Å²) in [4.78, 5) is 0. The van der Waals surface area contributed by atoms with Crippen molar-refractivity contribution in [3.63, 3.8) is 0 Å². The van der Waals surface area contributed by atoms with E-state index in [-0.39, 0.29) is 10.8 Å². The first-order chi connectivity index (χ1) is 23.3. The van der Waals surface area contributed by atoms with Crippen molar-refractivity contribution < 1.29 is 0 Å². The molecule has 0 aromatic heterocycles. The summed E-state index contributed by atoms with van der Waals surface area (Å²) in [5, 5.41) is 5.57. The van der Waals surface area contributed by atoms with E-state index in [4.69, 9.17) is 0 Å². The van der Waals surface area contributed by atoms with Crippen LogP contribution in [-0.2, 0) is 23.7 Å². The molecule has 254 valence electrons. The molecule has 6 rings (SSSR count). The quantitative estimate of drug-likeness (QED) is 0.149. The molecular weight excluding hydrogens is 589 g/mol. The molecule has 0 heterocycles. The molecule has 0 saturated carbocycles. The van der Waals surface area contributed by atoms with Gasteiger partial charge in [0.1, 0.15) is 0 Å². The van der Waals surface area contributed by atoms with Crippen LogP contribution in [-0.4, -0.2) is 0 Å². The van der Waals surface area contributed by atoms with Crippen LogP contribution in [0.4, 0.5) is 0 Å². The highest BCUT2D eigenvalue weighted by Crippen LogP contribution is 2.38. The van der Waals surface area contributed by atoms with Gasteiger partial charge < -0.3 is 0 Å². The van der Waals surface area contributed by atoms with Gasteiger partial charge >= 0.3 is 0 Å². The molecule has 0 atom stereocenters. The average Bonchev–Trinajstić information content (AvgIpc) is 3.71. The molecule has 0 saturated heterocycles. The number of hydrogen-bond donors (Lipinski definition) is 0. The lowest BCUT2D eigenvalue weighted by Gasteiger charge is -2.28. The van der Waals surface area contributed by atoms with Gasteiger partial charge in [0, 0.05) is 0 Å². The Hall–Kier alpha value is -3.90. The molecule has 0 aliphatic heterocycles. The summed E-state index contributed by atoms with van der Waals surface area (Å²) in [6, 6.07) is 24.2. The van der Waals surface area contributed by atoms with Gasteiger partial charge in [0.2, 0.25) is 0 Å². The summed E-state index contributed by atoms with van der Waals surface area (Å²) in [7, 11) is 0. The molecule has 49 heavy (non-hydrogen) atoms. The topological polar surface area (TPSA) is 0 Å². The van der Waals surface area contributed by atoms with Gasteiger partial charge in [-0.2, -0.15) is 0 Å². The Bertz CT molecular complexity index is 2100. The van der Waals surface area contributed by atoms with E-state index in [1.165, 1.54) is 113 Å². The van der Waals surface area contributed by atoms with Crippen LogP contribution < -0.4 is 10.4 Å². The van der Waals surface area contributed by atoms with Gasteiger partial charge in [-0.25, -0.2) is 0 Å². The Morgan fingerprint density at radius 3 is 1.76 bits per heavy atom. The third-order valence-corrected chi connectivity index (χ3v) is 10.8. The monoisotopic (exact) mass is 646 g/mol. The largest absolute Gasteiger partial charge is 0.0801 e.